The second kappa shape index (κ2) is 7.37. The Balaban J connectivity index is 1.83. The highest BCUT2D eigenvalue weighted by atomic mass is 35.5. The number of aromatic nitrogens is 2. The first-order valence-corrected chi connectivity index (χ1v) is 11.8. The molecule has 0 unspecified atom stereocenters. The van der Waals surface area contributed by atoms with E-state index < -0.39 is 34.5 Å². The number of fused-ring (bicyclic) bond motifs is 3. The van der Waals surface area contributed by atoms with Crippen LogP contribution in [0.5, 0.6) is 0 Å². The molecule has 2 aromatic rings. The summed E-state index contributed by atoms with van der Waals surface area (Å²) in [5.41, 5.74) is -0.737. The third kappa shape index (κ3) is 3.04. The number of carbonyl (C=O) groups is 2. The van der Waals surface area contributed by atoms with E-state index in [-0.39, 0.29) is 33.6 Å². The van der Waals surface area contributed by atoms with E-state index in [4.69, 9.17) is 23.2 Å². The lowest BCUT2D eigenvalue weighted by Gasteiger charge is -2.50. The number of carbonyl (C=O) groups excluding carboxylic acids is 1. The van der Waals surface area contributed by atoms with Gasteiger partial charge in [0, 0.05) is 29.6 Å². The summed E-state index contributed by atoms with van der Waals surface area (Å²) in [5.74, 6) is -4.13. The van der Waals surface area contributed by atoms with Gasteiger partial charge in [-0.1, -0.05) is 37.0 Å². The van der Waals surface area contributed by atoms with Gasteiger partial charge >= 0.3 is 5.97 Å². The maximum absolute atomic E-state index is 15.4. The second-order valence-corrected chi connectivity index (χ2v) is 11.1. The average Bonchev–Trinajstić information content (AvgIpc) is 3.20. The number of carboxylic acids is 1. The van der Waals surface area contributed by atoms with Crippen molar-refractivity contribution < 1.29 is 19.1 Å². The molecule has 0 saturated heterocycles. The van der Waals surface area contributed by atoms with Gasteiger partial charge in [-0.2, -0.15) is 0 Å². The second-order valence-electron chi connectivity index (χ2n) is 10.4. The molecule has 0 aromatic carbocycles. The first kappa shape index (κ1) is 22.5. The molecule has 3 aliphatic rings. The Morgan fingerprint density at radius 1 is 1.21 bits per heavy atom. The standard InChI is InChI=1S/C24H24Cl2FN3O3/c1-22(2)4-6-23(7-5-22)10-13(20(31)32)17(12-3-8-28-19(26)18(12)27)24(23)14-11-29-16(25)9-15(14)30-21(24)33/h3,8-9,11,13,17H,4-7,10H2,1-2H3,(H,30,33)(H,31,32)/t13-,17+,24+/m1/s1. The minimum atomic E-state index is -1.31. The predicted molar refractivity (Wildman–Crippen MR) is 122 cm³/mol. The zero-order valence-corrected chi connectivity index (χ0v) is 19.8. The van der Waals surface area contributed by atoms with Gasteiger partial charge in [0.2, 0.25) is 5.91 Å². The zero-order valence-electron chi connectivity index (χ0n) is 18.3. The molecule has 1 aliphatic heterocycles. The Bertz CT molecular complexity index is 1180. The van der Waals surface area contributed by atoms with Crippen LogP contribution in [0.25, 0.3) is 0 Å². The number of nitrogens with one attached hydrogen (secondary N) is 1. The molecule has 2 saturated carbocycles. The van der Waals surface area contributed by atoms with E-state index in [0.717, 1.165) is 12.8 Å². The van der Waals surface area contributed by atoms with Crippen LogP contribution >= 0.6 is 23.2 Å². The zero-order chi connectivity index (χ0) is 23.8. The highest BCUT2D eigenvalue weighted by molar-refractivity contribution is 6.30. The van der Waals surface area contributed by atoms with Crippen molar-refractivity contribution in [2.75, 3.05) is 5.32 Å². The molecule has 0 bridgehead atoms. The van der Waals surface area contributed by atoms with Crippen LogP contribution in [-0.2, 0) is 15.0 Å². The minimum Gasteiger partial charge on any atom is -0.481 e. The largest absolute Gasteiger partial charge is 0.481 e. The molecule has 3 heterocycles. The fourth-order valence-corrected chi connectivity index (χ4v) is 7.04. The lowest BCUT2D eigenvalue weighted by atomic mass is 9.51. The van der Waals surface area contributed by atoms with E-state index in [0.29, 0.717) is 24.1 Å². The molecule has 5 rings (SSSR count). The smallest absolute Gasteiger partial charge is 0.307 e. The van der Waals surface area contributed by atoms with Crippen LogP contribution in [-0.4, -0.2) is 27.0 Å². The van der Waals surface area contributed by atoms with Crippen LogP contribution in [0.4, 0.5) is 10.1 Å². The summed E-state index contributed by atoms with van der Waals surface area (Å²) in [6.07, 6.45) is 6.13. The van der Waals surface area contributed by atoms with Gasteiger partial charge in [0.1, 0.15) is 5.15 Å². The summed E-state index contributed by atoms with van der Waals surface area (Å²) in [5, 5.41) is 13.1. The van der Waals surface area contributed by atoms with E-state index in [1.165, 1.54) is 12.3 Å². The Morgan fingerprint density at radius 3 is 2.58 bits per heavy atom. The highest BCUT2D eigenvalue weighted by Crippen LogP contribution is 2.72. The Hall–Kier alpha value is -2.25. The summed E-state index contributed by atoms with van der Waals surface area (Å²) in [6, 6.07) is 3.02. The van der Waals surface area contributed by atoms with Gasteiger partial charge in [0.05, 0.1) is 11.3 Å². The maximum Gasteiger partial charge on any atom is 0.307 e. The third-order valence-electron chi connectivity index (χ3n) is 8.31. The fourth-order valence-electron chi connectivity index (χ4n) is 6.71. The van der Waals surface area contributed by atoms with Crippen molar-refractivity contribution in [3.63, 3.8) is 0 Å². The first-order chi connectivity index (χ1) is 15.5. The van der Waals surface area contributed by atoms with Gasteiger partial charge in [-0.25, -0.2) is 14.4 Å². The first-order valence-electron chi connectivity index (χ1n) is 11.0. The molecule has 1 amide bonds. The van der Waals surface area contributed by atoms with Crippen LogP contribution < -0.4 is 5.32 Å². The highest BCUT2D eigenvalue weighted by Gasteiger charge is 2.73. The summed E-state index contributed by atoms with van der Waals surface area (Å²) in [4.78, 5) is 34.7. The SMILES string of the molecule is CC1(C)CCC2(CC1)C[C@@H](C(=O)O)[C@H](c1ccnc(Cl)c1F)[C@@]21C(=O)Nc2cc(Cl)ncc21. The van der Waals surface area contributed by atoms with Crippen molar-refractivity contribution in [2.45, 2.75) is 57.3 Å². The average molecular weight is 492 g/mol. The van der Waals surface area contributed by atoms with Crippen LogP contribution in [0.15, 0.2) is 24.5 Å². The summed E-state index contributed by atoms with van der Waals surface area (Å²) in [6.45, 7) is 4.36. The number of halogens is 3. The van der Waals surface area contributed by atoms with Gasteiger partial charge in [0.25, 0.3) is 0 Å². The molecule has 33 heavy (non-hydrogen) atoms. The van der Waals surface area contributed by atoms with Crippen molar-refractivity contribution in [3.8, 4) is 0 Å². The lowest BCUT2D eigenvalue weighted by molar-refractivity contribution is -0.142. The number of nitrogens with zero attached hydrogens (tertiary/aromatic N) is 2. The summed E-state index contributed by atoms with van der Waals surface area (Å²) >= 11 is 12.1. The van der Waals surface area contributed by atoms with Crippen LogP contribution in [0, 0.1) is 22.6 Å². The number of aliphatic carboxylic acids is 1. The number of hydrogen-bond acceptors (Lipinski definition) is 4. The van der Waals surface area contributed by atoms with Gasteiger partial charge in [0.15, 0.2) is 11.0 Å². The predicted octanol–water partition coefficient (Wildman–Crippen LogP) is 5.59. The molecule has 2 aliphatic carbocycles. The van der Waals surface area contributed by atoms with Crippen molar-refractivity contribution in [3.05, 3.63) is 51.8 Å². The molecule has 2 N–H and O–H groups in total. The van der Waals surface area contributed by atoms with Crippen molar-refractivity contribution in [1.29, 1.82) is 0 Å². The molecule has 0 radical (unpaired) electrons. The van der Waals surface area contributed by atoms with Gasteiger partial charge < -0.3 is 10.4 Å². The van der Waals surface area contributed by atoms with Gasteiger partial charge in [-0.15, -0.1) is 0 Å². The molecule has 3 atom stereocenters. The van der Waals surface area contributed by atoms with Crippen LogP contribution in [0.3, 0.4) is 0 Å². The van der Waals surface area contributed by atoms with E-state index in [2.05, 4.69) is 29.1 Å². The monoisotopic (exact) mass is 491 g/mol. The number of anilines is 1. The molecule has 2 spiro atoms. The topological polar surface area (TPSA) is 92.2 Å². The fraction of sp³-hybridized carbons (Fsp3) is 0.500. The van der Waals surface area contributed by atoms with E-state index >= 15 is 4.39 Å². The van der Waals surface area contributed by atoms with Crippen LogP contribution in [0.1, 0.15) is 63.0 Å². The van der Waals surface area contributed by atoms with Crippen molar-refractivity contribution >= 4 is 40.8 Å². The van der Waals surface area contributed by atoms with E-state index in [9.17, 15) is 14.7 Å². The van der Waals surface area contributed by atoms with Crippen LogP contribution in [0.2, 0.25) is 10.3 Å². The normalized spacial score (nSPS) is 29.3. The number of hydrogen-bond donors (Lipinski definition) is 2. The third-order valence-corrected chi connectivity index (χ3v) is 8.78. The van der Waals surface area contributed by atoms with Crippen molar-refractivity contribution in [1.82, 2.24) is 9.97 Å². The molecule has 2 aromatic heterocycles. The Morgan fingerprint density at radius 2 is 1.91 bits per heavy atom. The number of amides is 1. The molecule has 6 nitrogen and oxygen atoms in total. The summed E-state index contributed by atoms with van der Waals surface area (Å²) in [7, 11) is 0. The Kier molecular flexibility index (Phi) is 5.04. The minimum absolute atomic E-state index is 0.0740. The maximum atomic E-state index is 15.4. The summed E-state index contributed by atoms with van der Waals surface area (Å²) < 4.78 is 15.4. The van der Waals surface area contributed by atoms with E-state index in [1.54, 1.807) is 12.3 Å². The Labute approximate surface area is 200 Å². The van der Waals surface area contributed by atoms with Crippen molar-refractivity contribution in [2.24, 2.45) is 16.7 Å². The lowest BCUT2D eigenvalue weighted by Crippen LogP contribution is -2.52. The van der Waals surface area contributed by atoms with Gasteiger partial charge in [-0.05, 0) is 60.6 Å². The molecule has 174 valence electrons. The quantitative estimate of drug-likeness (QED) is 0.534. The molecule has 2 fully saturated rings. The van der Waals surface area contributed by atoms with Gasteiger partial charge in [-0.3, -0.25) is 9.59 Å². The number of pyridine rings is 2. The number of rotatable bonds is 2. The molecular weight excluding hydrogens is 468 g/mol. The number of carboxylic acid groups (broad SMARTS) is 1. The molecular formula is C24H24Cl2FN3O3. The molecule has 9 heteroatoms. The van der Waals surface area contributed by atoms with E-state index in [1.807, 2.05) is 0 Å².